The number of hydrogen-bond acceptors (Lipinski definition) is 8. The minimum absolute atomic E-state index is 0.0437. The average Bonchev–Trinajstić information content (AvgIpc) is 3.01. The quantitative estimate of drug-likeness (QED) is 0.355. The Kier molecular flexibility index (Phi) is 8.56. The Morgan fingerprint density at radius 1 is 1.12 bits per heavy atom. The molecule has 1 saturated carbocycles. The number of carbonyl (C=O) groups excluding carboxylic acids is 2. The summed E-state index contributed by atoms with van der Waals surface area (Å²) in [6, 6.07) is 5.27. The van der Waals surface area contributed by atoms with Crippen LogP contribution in [0.5, 0.6) is 11.5 Å². The van der Waals surface area contributed by atoms with Gasteiger partial charge in [-0.25, -0.2) is 9.78 Å². The molecule has 1 aromatic carbocycles. The van der Waals surface area contributed by atoms with Crippen molar-refractivity contribution in [3.05, 3.63) is 71.7 Å². The minimum atomic E-state index is -0.230. The van der Waals surface area contributed by atoms with E-state index >= 15 is 0 Å². The van der Waals surface area contributed by atoms with Gasteiger partial charge in [0.15, 0.2) is 0 Å². The maximum atomic E-state index is 14.3. The lowest BCUT2D eigenvalue weighted by Crippen LogP contribution is -2.49. The summed E-state index contributed by atoms with van der Waals surface area (Å²) in [5.74, 6) is 2.00. The Morgan fingerprint density at radius 3 is 2.48 bits per heavy atom. The first-order chi connectivity index (χ1) is 20.3. The molecule has 1 fully saturated rings. The smallest absolute Gasteiger partial charge is 0.330 e. The molecule has 2 N–H and O–H groups in total. The van der Waals surface area contributed by atoms with Crippen LogP contribution in [-0.2, 0) is 17.9 Å². The van der Waals surface area contributed by atoms with Gasteiger partial charge in [0.05, 0.1) is 33.0 Å². The van der Waals surface area contributed by atoms with Crippen LogP contribution in [0.3, 0.4) is 0 Å². The van der Waals surface area contributed by atoms with E-state index in [0.717, 1.165) is 53.6 Å². The fraction of sp³-hybridized carbons (Fsp3) is 0.387. The Balaban J connectivity index is 1.53. The number of anilines is 3. The largest absolute Gasteiger partial charge is 0.496 e. The predicted octanol–water partition coefficient (Wildman–Crippen LogP) is 4.68. The molecule has 220 valence electrons. The van der Waals surface area contributed by atoms with Gasteiger partial charge < -0.3 is 20.1 Å². The van der Waals surface area contributed by atoms with E-state index in [2.05, 4.69) is 27.2 Å². The molecule has 11 nitrogen and oxygen atoms in total. The summed E-state index contributed by atoms with van der Waals surface area (Å²) in [7, 11) is 3.20. The van der Waals surface area contributed by atoms with E-state index in [1.165, 1.54) is 6.08 Å². The highest BCUT2D eigenvalue weighted by Gasteiger charge is 2.36. The molecule has 11 heteroatoms. The third-order valence-electron chi connectivity index (χ3n) is 7.97. The second-order valence-electron chi connectivity index (χ2n) is 10.6. The van der Waals surface area contributed by atoms with Crippen LogP contribution in [-0.4, -0.2) is 53.2 Å². The Bertz CT molecular complexity index is 1450. The lowest BCUT2D eigenvalue weighted by atomic mass is 9.90. The van der Waals surface area contributed by atoms with Crippen molar-refractivity contribution in [3.63, 3.8) is 0 Å². The van der Waals surface area contributed by atoms with E-state index in [1.807, 2.05) is 32.0 Å². The number of aromatic nitrogens is 3. The molecule has 3 amide bonds. The van der Waals surface area contributed by atoms with Gasteiger partial charge in [-0.2, -0.15) is 4.98 Å². The van der Waals surface area contributed by atoms with Gasteiger partial charge in [0.2, 0.25) is 11.9 Å². The van der Waals surface area contributed by atoms with Gasteiger partial charge in [-0.15, -0.1) is 0 Å². The van der Waals surface area contributed by atoms with Crippen LogP contribution >= 0.6 is 0 Å². The summed E-state index contributed by atoms with van der Waals surface area (Å²) in [5, 5.41) is 6.46. The van der Waals surface area contributed by atoms with E-state index in [1.54, 1.807) is 42.6 Å². The summed E-state index contributed by atoms with van der Waals surface area (Å²) >= 11 is 0. The SMILES string of the molecule is C=CC(=O)NC1CCCCC1Nc1ncc2c(n1)N(Cc1cccnc1)C(=O)N(c1c(C)c(OC)cc(OC)c1C)C2. The molecular formula is C31H37N7O4. The van der Waals surface area contributed by atoms with Crippen molar-refractivity contribution in [1.82, 2.24) is 20.3 Å². The molecule has 3 aromatic rings. The first-order valence-corrected chi connectivity index (χ1v) is 14.1. The molecule has 42 heavy (non-hydrogen) atoms. The molecule has 3 heterocycles. The standard InChI is InChI=1S/C31H37N7O4/c1-6-27(39)34-23-11-7-8-12-24(23)35-30-33-16-22-18-37(28-19(2)25(41-4)14-26(42-5)20(28)3)31(40)38(29(22)36-30)17-21-10-9-13-32-15-21/h6,9-10,13-16,23-24H,1,7-8,11-12,17-18H2,2-5H3,(H,34,39)(H,33,35,36). The van der Waals surface area contributed by atoms with Gasteiger partial charge in [0.1, 0.15) is 17.3 Å². The molecule has 1 aliphatic heterocycles. The number of nitrogens with zero attached hydrogens (tertiary/aromatic N) is 5. The van der Waals surface area contributed by atoms with E-state index in [-0.39, 0.29) is 37.1 Å². The first kappa shape index (κ1) is 28.8. The summed E-state index contributed by atoms with van der Waals surface area (Å²) in [6.45, 7) is 7.99. The highest BCUT2D eigenvalue weighted by Crippen LogP contribution is 2.42. The van der Waals surface area contributed by atoms with Gasteiger partial charge in [-0.05, 0) is 44.4 Å². The van der Waals surface area contributed by atoms with Crippen molar-refractivity contribution in [3.8, 4) is 11.5 Å². The molecule has 0 spiro atoms. The van der Waals surface area contributed by atoms with Crippen LogP contribution in [0.15, 0.2) is 49.4 Å². The van der Waals surface area contributed by atoms with Gasteiger partial charge in [-0.3, -0.25) is 19.6 Å². The zero-order valence-electron chi connectivity index (χ0n) is 24.5. The molecule has 2 unspecified atom stereocenters. The fourth-order valence-corrected chi connectivity index (χ4v) is 5.84. The summed E-state index contributed by atoms with van der Waals surface area (Å²) in [5.41, 5.74) is 4.05. The van der Waals surface area contributed by atoms with Crippen LogP contribution < -0.4 is 29.9 Å². The van der Waals surface area contributed by atoms with Crippen LogP contribution in [0.2, 0.25) is 0 Å². The van der Waals surface area contributed by atoms with Gasteiger partial charge in [0, 0.05) is 53.4 Å². The second kappa shape index (κ2) is 12.5. The number of pyridine rings is 1. The second-order valence-corrected chi connectivity index (χ2v) is 10.6. The third kappa shape index (κ3) is 5.72. The Hall–Kier alpha value is -4.67. The molecule has 2 aromatic heterocycles. The van der Waals surface area contributed by atoms with Crippen molar-refractivity contribution in [2.24, 2.45) is 0 Å². The number of rotatable bonds is 9. The third-order valence-corrected chi connectivity index (χ3v) is 7.97. The average molecular weight is 572 g/mol. The number of urea groups is 1. The van der Waals surface area contributed by atoms with E-state index < -0.39 is 0 Å². The molecular weight excluding hydrogens is 534 g/mol. The lowest BCUT2D eigenvalue weighted by molar-refractivity contribution is -0.117. The van der Waals surface area contributed by atoms with Crippen LogP contribution in [0.1, 0.15) is 47.9 Å². The predicted molar refractivity (Wildman–Crippen MR) is 161 cm³/mol. The van der Waals surface area contributed by atoms with E-state index in [0.29, 0.717) is 23.3 Å². The van der Waals surface area contributed by atoms with Crippen molar-refractivity contribution >= 4 is 29.4 Å². The Labute approximate surface area is 246 Å². The van der Waals surface area contributed by atoms with Crippen LogP contribution in [0.25, 0.3) is 0 Å². The Morgan fingerprint density at radius 2 is 1.83 bits per heavy atom. The van der Waals surface area contributed by atoms with Gasteiger partial charge in [-0.1, -0.05) is 25.5 Å². The van der Waals surface area contributed by atoms with E-state index in [4.69, 9.17) is 14.5 Å². The number of fused-ring (bicyclic) bond motifs is 1. The van der Waals surface area contributed by atoms with Crippen LogP contribution in [0, 0.1) is 13.8 Å². The molecule has 2 aliphatic rings. The topological polar surface area (TPSA) is 122 Å². The van der Waals surface area contributed by atoms with E-state index in [9.17, 15) is 9.59 Å². The number of amides is 3. The normalized spacial score (nSPS) is 18.2. The first-order valence-electron chi connectivity index (χ1n) is 14.1. The van der Waals surface area contributed by atoms with Gasteiger partial charge >= 0.3 is 6.03 Å². The van der Waals surface area contributed by atoms with Gasteiger partial charge in [0.25, 0.3) is 0 Å². The molecule has 2 atom stereocenters. The van der Waals surface area contributed by atoms with Crippen LogP contribution in [0.4, 0.5) is 22.2 Å². The molecule has 1 aliphatic carbocycles. The zero-order valence-corrected chi connectivity index (χ0v) is 24.5. The van der Waals surface area contributed by atoms with Crippen molar-refractivity contribution in [2.45, 2.75) is 64.7 Å². The summed E-state index contributed by atoms with van der Waals surface area (Å²) in [4.78, 5) is 43.5. The zero-order chi connectivity index (χ0) is 29.8. The highest BCUT2D eigenvalue weighted by molar-refractivity contribution is 6.06. The summed E-state index contributed by atoms with van der Waals surface area (Å²) < 4.78 is 11.2. The monoisotopic (exact) mass is 571 g/mol. The number of carbonyl (C=O) groups is 2. The fourth-order valence-electron chi connectivity index (χ4n) is 5.84. The molecule has 0 bridgehead atoms. The minimum Gasteiger partial charge on any atom is -0.496 e. The molecule has 0 saturated heterocycles. The van der Waals surface area contributed by atoms with Crippen molar-refractivity contribution < 1.29 is 19.1 Å². The number of methoxy groups -OCH3 is 2. The number of benzene rings is 1. The van der Waals surface area contributed by atoms with Crippen molar-refractivity contribution in [2.75, 3.05) is 29.3 Å². The number of nitrogens with one attached hydrogen (secondary N) is 2. The summed E-state index contributed by atoms with van der Waals surface area (Å²) in [6.07, 6.45) is 10.3. The number of ether oxygens (including phenoxy) is 2. The maximum Gasteiger partial charge on any atom is 0.330 e. The van der Waals surface area contributed by atoms with Crippen molar-refractivity contribution in [1.29, 1.82) is 0 Å². The lowest BCUT2D eigenvalue weighted by Gasteiger charge is -2.38. The number of hydrogen-bond donors (Lipinski definition) is 2. The molecule has 5 rings (SSSR count). The highest BCUT2D eigenvalue weighted by atomic mass is 16.5. The molecule has 0 radical (unpaired) electrons. The maximum absolute atomic E-state index is 14.3.